The first kappa shape index (κ1) is 22.5. The predicted molar refractivity (Wildman–Crippen MR) is 126 cm³/mol. The lowest BCUT2D eigenvalue weighted by Gasteiger charge is -2.16. The highest BCUT2D eigenvalue weighted by Crippen LogP contribution is 2.40. The minimum Gasteiger partial charge on any atom is -0.361 e. The van der Waals surface area contributed by atoms with Crippen LogP contribution in [0.4, 0.5) is 0 Å². The largest absolute Gasteiger partial charge is 0.361 e. The summed E-state index contributed by atoms with van der Waals surface area (Å²) >= 11 is 0. The Morgan fingerprint density at radius 3 is 2.88 bits per heavy atom. The standard InChI is InChI=1S/C23H32N6O2Si/c1-16-11-17(27-22(30)5-7-24)12-18(16)20-13-25-21-14-26-23-19(29(20)21)6-8-28(23)15-31-9-10-32(2,3)4/h6,8,13-14,16-18H,5,9-12,15H2,1-4H3,(H,27,30)/t16-,17+,18+/m1/s1. The topological polar surface area (TPSA) is 97.2 Å². The Morgan fingerprint density at radius 1 is 1.31 bits per heavy atom. The average Bonchev–Trinajstić information content (AvgIpc) is 3.40. The van der Waals surface area contributed by atoms with Crippen molar-refractivity contribution in [1.82, 2.24) is 24.3 Å². The van der Waals surface area contributed by atoms with Gasteiger partial charge in [-0.3, -0.25) is 9.20 Å². The molecule has 0 aromatic carbocycles. The van der Waals surface area contributed by atoms with E-state index in [9.17, 15) is 4.79 Å². The van der Waals surface area contributed by atoms with Crippen LogP contribution < -0.4 is 5.32 Å². The van der Waals surface area contributed by atoms with Crippen LogP contribution >= 0.6 is 0 Å². The molecule has 4 rings (SSSR count). The minimum atomic E-state index is -1.11. The molecule has 0 bridgehead atoms. The highest BCUT2D eigenvalue weighted by molar-refractivity contribution is 6.76. The normalized spacial score (nSPS) is 21.3. The number of aromatic nitrogens is 4. The smallest absolute Gasteiger partial charge is 0.234 e. The van der Waals surface area contributed by atoms with Crippen LogP contribution in [-0.2, 0) is 16.3 Å². The van der Waals surface area contributed by atoms with E-state index >= 15 is 0 Å². The van der Waals surface area contributed by atoms with Crippen LogP contribution in [0.25, 0.3) is 16.8 Å². The van der Waals surface area contributed by atoms with E-state index < -0.39 is 8.07 Å². The molecular formula is C23H32N6O2Si. The van der Waals surface area contributed by atoms with E-state index in [1.807, 2.05) is 29.2 Å². The third kappa shape index (κ3) is 4.71. The first-order valence-corrected chi connectivity index (χ1v) is 15.0. The second kappa shape index (κ2) is 9.04. The molecule has 1 amide bonds. The number of hydrogen-bond acceptors (Lipinski definition) is 5. The van der Waals surface area contributed by atoms with Gasteiger partial charge >= 0.3 is 0 Å². The molecule has 170 valence electrons. The minimum absolute atomic E-state index is 0.0862. The van der Waals surface area contributed by atoms with Gasteiger partial charge in [0.05, 0.1) is 17.8 Å². The average molecular weight is 453 g/mol. The molecule has 0 radical (unpaired) electrons. The first-order valence-electron chi connectivity index (χ1n) is 11.3. The van der Waals surface area contributed by atoms with E-state index in [0.29, 0.717) is 12.6 Å². The number of fused-ring (bicyclic) bond motifs is 3. The number of ether oxygens (including phenoxy) is 1. The summed E-state index contributed by atoms with van der Waals surface area (Å²) in [7, 11) is -1.11. The molecule has 3 atom stereocenters. The number of amides is 1. The molecule has 8 nitrogen and oxygen atoms in total. The molecule has 1 fully saturated rings. The van der Waals surface area contributed by atoms with Gasteiger partial charge in [0.2, 0.25) is 5.91 Å². The maximum absolute atomic E-state index is 11.9. The second-order valence-corrected chi connectivity index (χ2v) is 15.8. The van der Waals surface area contributed by atoms with Crippen molar-refractivity contribution >= 4 is 30.8 Å². The Labute approximate surface area is 189 Å². The third-order valence-electron chi connectivity index (χ3n) is 6.37. The number of nitriles is 1. The lowest BCUT2D eigenvalue weighted by molar-refractivity contribution is -0.120. The van der Waals surface area contributed by atoms with Gasteiger partial charge < -0.3 is 14.6 Å². The summed E-state index contributed by atoms with van der Waals surface area (Å²) in [6, 6.07) is 5.22. The fourth-order valence-corrected chi connectivity index (χ4v) is 5.41. The summed E-state index contributed by atoms with van der Waals surface area (Å²) in [4.78, 5) is 21.1. The number of imidazole rings is 1. The summed E-state index contributed by atoms with van der Waals surface area (Å²) in [6.07, 6.45) is 7.43. The monoisotopic (exact) mass is 452 g/mol. The van der Waals surface area contributed by atoms with E-state index in [1.165, 1.54) is 0 Å². The Kier molecular flexibility index (Phi) is 6.35. The van der Waals surface area contributed by atoms with Crippen LogP contribution in [0.15, 0.2) is 24.7 Å². The Hall–Kier alpha value is -2.70. The van der Waals surface area contributed by atoms with Crippen LogP contribution in [0, 0.1) is 17.2 Å². The summed E-state index contributed by atoms with van der Waals surface area (Å²) < 4.78 is 10.2. The van der Waals surface area contributed by atoms with Gasteiger partial charge in [-0.1, -0.05) is 26.6 Å². The highest BCUT2D eigenvalue weighted by atomic mass is 28.3. The summed E-state index contributed by atoms with van der Waals surface area (Å²) in [5, 5.41) is 11.8. The Balaban J connectivity index is 1.55. The molecule has 1 saturated carbocycles. The zero-order valence-electron chi connectivity index (χ0n) is 19.3. The lowest BCUT2D eigenvalue weighted by atomic mass is 9.95. The zero-order chi connectivity index (χ0) is 22.9. The number of rotatable bonds is 8. The molecular weight excluding hydrogens is 420 g/mol. The van der Waals surface area contributed by atoms with E-state index in [2.05, 4.69) is 52.3 Å². The lowest BCUT2D eigenvalue weighted by Crippen LogP contribution is -2.32. The summed E-state index contributed by atoms with van der Waals surface area (Å²) in [5.74, 6) is 0.484. The molecule has 0 aliphatic heterocycles. The second-order valence-electron chi connectivity index (χ2n) is 10.1. The molecule has 1 aliphatic carbocycles. The Bertz CT molecular complexity index is 1160. The number of carbonyl (C=O) groups is 1. The van der Waals surface area contributed by atoms with Gasteiger partial charge in [-0.05, 0) is 30.9 Å². The van der Waals surface area contributed by atoms with Crippen molar-refractivity contribution < 1.29 is 9.53 Å². The molecule has 1 aliphatic rings. The van der Waals surface area contributed by atoms with Gasteiger partial charge in [0, 0.05) is 44.7 Å². The van der Waals surface area contributed by atoms with Gasteiger partial charge in [-0.15, -0.1) is 0 Å². The first-order chi connectivity index (χ1) is 15.3. The summed E-state index contributed by atoms with van der Waals surface area (Å²) in [6.45, 7) is 10.5. The molecule has 3 heterocycles. The fourth-order valence-electron chi connectivity index (χ4n) is 4.66. The van der Waals surface area contributed by atoms with Crippen molar-refractivity contribution in [3.8, 4) is 6.07 Å². The van der Waals surface area contributed by atoms with E-state index in [1.54, 1.807) is 0 Å². The van der Waals surface area contributed by atoms with Crippen LogP contribution in [0.5, 0.6) is 0 Å². The number of nitrogens with zero attached hydrogens (tertiary/aromatic N) is 5. The molecule has 1 N–H and O–H groups in total. The molecule has 3 aromatic rings. The SMILES string of the molecule is C[C@@H]1C[C@H](NC(=O)CC#N)C[C@@H]1c1cnc2cnc3c(ccn3COCC[Si](C)(C)C)n12. The maximum atomic E-state index is 11.9. The molecule has 0 spiro atoms. The van der Waals surface area contributed by atoms with Crippen molar-refractivity contribution in [2.75, 3.05) is 6.61 Å². The molecule has 0 unspecified atom stereocenters. The van der Waals surface area contributed by atoms with Crippen molar-refractivity contribution in [2.24, 2.45) is 5.92 Å². The third-order valence-corrected chi connectivity index (χ3v) is 8.07. The fraction of sp³-hybridized carbons (Fsp3) is 0.565. The van der Waals surface area contributed by atoms with E-state index in [0.717, 1.165) is 48.0 Å². The van der Waals surface area contributed by atoms with E-state index in [-0.39, 0.29) is 24.3 Å². The number of hydrogen-bond donors (Lipinski definition) is 1. The van der Waals surface area contributed by atoms with Crippen molar-refractivity contribution in [3.63, 3.8) is 0 Å². The highest BCUT2D eigenvalue weighted by Gasteiger charge is 2.35. The molecule has 9 heteroatoms. The Morgan fingerprint density at radius 2 is 2.12 bits per heavy atom. The quantitative estimate of drug-likeness (QED) is 0.413. The van der Waals surface area contributed by atoms with Gasteiger partial charge in [-0.25, -0.2) is 9.97 Å². The van der Waals surface area contributed by atoms with E-state index in [4.69, 9.17) is 10.00 Å². The van der Waals surface area contributed by atoms with Crippen LogP contribution in [0.2, 0.25) is 25.7 Å². The number of nitrogens with one attached hydrogen (secondary N) is 1. The molecule has 3 aromatic heterocycles. The van der Waals surface area contributed by atoms with Gasteiger partial charge in [0.15, 0.2) is 11.3 Å². The zero-order valence-corrected chi connectivity index (χ0v) is 20.3. The van der Waals surface area contributed by atoms with Crippen molar-refractivity contribution in [2.45, 2.75) is 70.6 Å². The van der Waals surface area contributed by atoms with Crippen LogP contribution in [0.1, 0.15) is 37.8 Å². The maximum Gasteiger partial charge on any atom is 0.234 e. The summed E-state index contributed by atoms with van der Waals surface area (Å²) in [5.41, 5.74) is 3.88. The molecule has 32 heavy (non-hydrogen) atoms. The van der Waals surface area contributed by atoms with Crippen molar-refractivity contribution in [1.29, 1.82) is 5.26 Å². The van der Waals surface area contributed by atoms with Gasteiger partial charge in [0.1, 0.15) is 13.2 Å². The van der Waals surface area contributed by atoms with Gasteiger partial charge in [0.25, 0.3) is 0 Å². The predicted octanol–water partition coefficient (Wildman–Crippen LogP) is 3.91. The van der Waals surface area contributed by atoms with Crippen molar-refractivity contribution in [3.05, 3.63) is 30.4 Å². The van der Waals surface area contributed by atoms with Crippen LogP contribution in [-0.4, -0.2) is 45.6 Å². The molecule has 0 saturated heterocycles. The number of carbonyl (C=O) groups excluding carboxylic acids is 1. The van der Waals surface area contributed by atoms with Gasteiger partial charge in [-0.2, -0.15) is 5.26 Å². The van der Waals surface area contributed by atoms with Crippen LogP contribution in [0.3, 0.4) is 0 Å².